The summed E-state index contributed by atoms with van der Waals surface area (Å²) in [5, 5.41) is 3.05. The number of fused-ring (bicyclic) bond motifs is 2. The molecule has 1 saturated carbocycles. The van der Waals surface area contributed by atoms with Gasteiger partial charge in [0.25, 0.3) is 0 Å². The zero-order chi connectivity index (χ0) is 16.2. The minimum Gasteiger partial charge on any atom is -0.355 e. The highest BCUT2D eigenvalue weighted by Crippen LogP contribution is 2.65. The lowest BCUT2D eigenvalue weighted by molar-refractivity contribution is -0.168. The number of carbonyl (C=O) groups excluding carboxylic acids is 2. The third-order valence-electron chi connectivity index (χ3n) is 7.38. The molecule has 2 saturated heterocycles. The lowest BCUT2D eigenvalue weighted by atomic mass is 9.55. The number of hydrogen-bond acceptors (Lipinski definition) is 2. The van der Waals surface area contributed by atoms with Gasteiger partial charge in [-0.1, -0.05) is 27.7 Å². The van der Waals surface area contributed by atoms with E-state index in [1.807, 2.05) is 4.90 Å². The smallest absolute Gasteiger partial charge is 0.239 e. The number of nitrogens with zero attached hydrogens (tertiary/aromatic N) is 1. The van der Waals surface area contributed by atoms with E-state index in [0.29, 0.717) is 19.0 Å². The summed E-state index contributed by atoms with van der Waals surface area (Å²) in [6.45, 7) is 10.2. The molecule has 0 unspecified atom stereocenters. The van der Waals surface area contributed by atoms with Gasteiger partial charge in [0.2, 0.25) is 11.8 Å². The van der Waals surface area contributed by atoms with Crippen LogP contribution in [0.25, 0.3) is 0 Å². The van der Waals surface area contributed by atoms with Crippen molar-refractivity contribution in [3.63, 3.8) is 0 Å². The van der Waals surface area contributed by atoms with Gasteiger partial charge in [0.05, 0.1) is 0 Å². The summed E-state index contributed by atoms with van der Waals surface area (Å²) < 4.78 is 0. The van der Waals surface area contributed by atoms with Crippen LogP contribution in [0.5, 0.6) is 0 Å². The Kier molecular flexibility index (Phi) is 3.57. The standard InChI is InChI=1S/C18H30N2O2/c1-5-13-8-6-7-11-20(13)15(22)18-10-9-17(4,16(18,2)3)12-19-14(18)21/h13H,5-12H2,1-4H3,(H,19,21)/t13-,17+,18-/m1/s1. The van der Waals surface area contributed by atoms with Crippen LogP contribution in [0.4, 0.5) is 0 Å². The van der Waals surface area contributed by atoms with Crippen molar-refractivity contribution >= 4 is 11.8 Å². The molecular formula is C18H30N2O2. The lowest BCUT2D eigenvalue weighted by Gasteiger charge is -2.53. The molecule has 22 heavy (non-hydrogen) atoms. The average molecular weight is 306 g/mol. The van der Waals surface area contributed by atoms with Gasteiger partial charge in [-0.15, -0.1) is 0 Å². The van der Waals surface area contributed by atoms with Gasteiger partial charge in [-0.05, 0) is 49.4 Å². The third kappa shape index (κ3) is 1.75. The van der Waals surface area contributed by atoms with Gasteiger partial charge >= 0.3 is 0 Å². The van der Waals surface area contributed by atoms with Crippen LogP contribution in [-0.4, -0.2) is 35.8 Å². The van der Waals surface area contributed by atoms with Gasteiger partial charge in [0.15, 0.2) is 0 Å². The van der Waals surface area contributed by atoms with Crippen molar-refractivity contribution in [2.24, 2.45) is 16.2 Å². The van der Waals surface area contributed by atoms with E-state index in [1.165, 1.54) is 6.42 Å². The zero-order valence-corrected chi connectivity index (χ0v) is 14.5. The molecule has 0 aromatic heterocycles. The third-order valence-corrected chi connectivity index (χ3v) is 7.38. The second-order valence-corrected chi connectivity index (χ2v) is 8.33. The largest absolute Gasteiger partial charge is 0.355 e. The highest BCUT2D eigenvalue weighted by molar-refractivity contribution is 6.07. The van der Waals surface area contributed by atoms with Crippen LogP contribution >= 0.6 is 0 Å². The molecule has 0 aromatic carbocycles. The highest BCUT2D eigenvalue weighted by atomic mass is 16.2. The molecule has 3 rings (SSSR count). The second-order valence-electron chi connectivity index (χ2n) is 8.33. The molecule has 3 aliphatic rings. The van der Waals surface area contributed by atoms with Gasteiger partial charge in [0, 0.05) is 19.1 Å². The van der Waals surface area contributed by atoms with E-state index in [0.717, 1.165) is 32.2 Å². The molecule has 0 radical (unpaired) electrons. The maximum Gasteiger partial charge on any atom is 0.239 e. The normalized spacial score (nSPS) is 40.5. The molecule has 2 heterocycles. The van der Waals surface area contributed by atoms with Crippen LogP contribution in [0.1, 0.15) is 66.2 Å². The fourth-order valence-corrected chi connectivity index (χ4v) is 5.15. The molecule has 3 atom stereocenters. The first-order valence-corrected chi connectivity index (χ1v) is 8.89. The quantitative estimate of drug-likeness (QED) is 0.798. The van der Waals surface area contributed by atoms with Crippen molar-refractivity contribution in [1.29, 1.82) is 0 Å². The van der Waals surface area contributed by atoms with E-state index >= 15 is 0 Å². The van der Waals surface area contributed by atoms with Crippen molar-refractivity contribution < 1.29 is 9.59 Å². The summed E-state index contributed by atoms with van der Waals surface area (Å²) in [6, 6.07) is 0.313. The molecule has 1 N–H and O–H groups in total. The number of amides is 2. The molecule has 124 valence electrons. The van der Waals surface area contributed by atoms with Gasteiger partial charge in [-0.2, -0.15) is 0 Å². The Morgan fingerprint density at radius 3 is 2.68 bits per heavy atom. The van der Waals surface area contributed by atoms with Crippen molar-refractivity contribution in [3.8, 4) is 0 Å². The first kappa shape index (κ1) is 15.8. The molecular weight excluding hydrogens is 276 g/mol. The van der Waals surface area contributed by atoms with Gasteiger partial charge in [0.1, 0.15) is 5.41 Å². The molecule has 4 nitrogen and oxygen atoms in total. The molecule has 2 aliphatic heterocycles. The summed E-state index contributed by atoms with van der Waals surface area (Å²) in [7, 11) is 0. The Morgan fingerprint density at radius 2 is 2.00 bits per heavy atom. The average Bonchev–Trinajstić information content (AvgIpc) is 2.62. The van der Waals surface area contributed by atoms with Crippen molar-refractivity contribution in [1.82, 2.24) is 10.2 Å². The molecule has 4 heteroatoms. The van der Waals surface area contributed by atoms with E-state index in [1.54, 1.807) is 0 Å². The summed E-state index contributed by atoms with van der Waals surface area (Å²) >= 11 is 0. The Balaban J connectivity index is 2.00. The van der Waals surface area contributed by atoms with Gasteiger partial charge in [-0.25, -0.2) is 0 Å². The van der Waals surface area contributed by atoms with Crippen LogP contribution in [0.15, 0.2) is 0 Å². The van der Waals surface area contributed by atoms with Crippen molar-refractivity contribution in [3.05, 3.63) is 0 Å². The first-order chi connectivity index (χ1) is 10.3. The van der Waals surface area contributed by atoms with Crippen LogP contribution in [0.2, 0.25) is 0 Å². The SMILES string of the molecule is CC[C@@H]1CCCCN1C(=O)[C@@]12CC[C@@](C)(CNC1=O)C2(C)C. The maximum absolute atomic E-state index is 13.5. The summed E-state index contributed by atoms with van der Waals surface area (Å²) in [4.78, 5) is 28.4. The summed E-state index contributed by atoms with van der Waals surface area (Å²) in [6.07, 6.45) is 5.99. The van der Waals surface area contributed by atoms with Crippen molar-refractivity contribution in [2.45, 2.75) is 72.3 Å². The number of hydrogen-bond donors (Lipinski definition) is 1. The van der Waals surface area contributed by atoms with E-state index in [9.17, 15) is 9.59 Å². The fraction of sp³-hybridized carbons (Fsp3) is 0.889. The topological polar surface area (TPSA) is 49.4 Å². The van der Waals surface area contributed by atoms with Crippen LogP contribution in [-0.2, 0) is 9.59 Å². The predicted octanol–water partition coefficient (Wildman–Crippen LogP) is 2.72. The maximum atomic E-state index is 13.5. The van der Waals surface area contributed by atoms with E-state index in [2.05, 4.69) is 33.0 Å². The second kappa shape index (κ2) is 4.97. The zero-order valence-electron chi connectivity index (χ0n) is 14.5. The van der Waals surface area contributed by atoms with Crippen LogP contribution in [0.3, 0.4) is 0 Å². The molecule has 0 aromatic rings. The molecule has 0 spiro atoms. The molecule has 1 aliphatic carbocycles. The Morgan fingerprint density at radius 1 is 1.27 bits per heavy atom. The highest BCUT2D eigenvalue weighted by Gasteiger charge is 2.71. The summed E-state index contributed by atoms with van der Waals surface area (Å²) in [5.74, 6) is 0.0721. The van der Waals surface area contributed by atoms with Gasteiger partial charge in [-0.3, -0.25) is 9.59 Å². The Bertz CT molecular complexity index is 501. The van der Waals surface area contributed by atoms with Crippen LogP contribution in [0, 0.1) is 16.2 Å². The van der Waals surface area contributed by atoms with Crippen molar-refractivity contribution in [2.75, 3.05) is 13.1 Å². The van der Waals surface area contributed by atoms with E-state index in [-0.39, 0.29) is 22.6 Å². The Hall–Kier alpha value is -1.06. The lowest BCUT2D eigenvalue weighted by Crippen LogP contribution is -2.66. The van der Waals surface area contributed by atoms with Crippen LogP contribution < -0.4 is 5.32 Å². The van der Waals surface area contributed by atoms with E-state index in [4.69, 9.17) is 0 Å². The molecule has 2 amide bonds. The van der Waals surface area contributed by atoms with Gasteiger partial charge < -0.3 is 10.2 Å². The summed E-state index contributed by atoms with van der Waals surface area (Å²) in [5.41, 5.74) is -1.12. The number of rotatable bonds is 2. The fourth-order valence-electron chi connectivity index (χ4n) is 5.15. The first-order valence-electron chi connectivity index (χ1n) is 8.89. The molecule has 2 bridgehead atoms. The minimum absolute atomic E-state index is 0.0219. The number of likely N-dealkylation sites (tertiary alicyclic amines) is 1. The number of piperidine rings is 2. The minimum atomic E-state index is -0.856. The number of nitrogens with one attached hydrogen (secondary N) is 1. The van der Waals surface area contributed by atoms with E-state index < -0.39 is 5.41 Å². The predicted molar refractivity (Wildman–Crippen MR) is 86.2 cm³/mol. The Labute approximate surface area is 134 Å². The number of carbonyl (C=O) groups is 2. The molecule has 3 fully saturated rings. The monoisotopic (exact) mass is 306 g/mol.